The zero-order valence-electron chi connectivity index (χ0n) is 28.8. The minimum atomic E-state index is -2.09. The highest BCUT2D eigenvalue weighted by Gasteiger charge is 2.45. The number of phenolic OH excluding ortho intramolecular Hbond substituents is 1. The minimum absolute atomic E-state index is 0.0174. The van der Waals surface area contributed by atoms with Crippen LogP contribution >= 0.6 is 30.9 Å². The lowest BCUT2D eigenvalue weighted by Gasteiger charge is -2.40. The van der Waals surface area contributed by atoms with Gasteiger partial charge in [0.1, 0.15) is 22.8 Å². The van der Waals surface area contributed by atoms with Crippen LogP contribution in [0.15, 0.2) is 91.0 Å². The van der Waals surface area contributed by atoms with Crippen LogP contribution in [0.25, 0.3) is 0 Å². The molecular formula is C36H36N2O9P2S4. The highest BCUT2D eigenvalue weighted by atomic mass is 33.7. The number of nitrogens with one attached hydrogen (secondary N) is 1. The number of hydrogen-bond acceptors (Lipinski definition) is 13. The third-order valence-corrected chi connectivity index (χ3v) is 39.1. The predicted molar refractivity (Wildman–Crippen MR) is 219 cm³/mol. The normalized spacial score (nSPS) is 18.3. The number of ether oxygens (including phenoxy) is 2. The van der Waals surface area contributed by atoms with Crippen molar-refractivity contribution in [3.63, 3.8) is 0 Å². The molecule has 278 valence electrons. The van der Waals surface area contributed by atoms with E-state index in [1.807, 2.05) is 36.4 Å². The van der Waals surface area contributed by atoms with E-state index in [0.29, 0.717) is 5.92 Å². The average Bonchev–Trinajstić information content (AvgIpc) is 3.10. The van der Waals surface area contributed by atoms with Crippen LogP contribution in [0, 0.1) is 16.0 Å². The van der Waals surface area contributed by atoms with Gasteiger partial charge in [-0.1, -0.05) is 83.7 Å². The Morgan fingerprint density at radius 3 is 2.06 bits per heavy atom. The molecule has 0 radical (unpaired) electrons. The van der Waals surface area contributed by atoms with Gasteiger partial charge in [-0.25, -0.2) is 4.79 Å². The van der Waals surface area contributed by atoms with Crippen molar-refractivity contribution >= 4 is 88.6 Å². The van der Waals surface area contributed by atoms with Crippen molar-refractivity contribution in [3.8, 4) is 17.2 Å². The van der Waals surface area contributed by atoms with E-state index in [9.17, 15) is 29.6 Å². The Morgan fingerprint density at radius 1 is 0.868 bits per heavy atom. The third kappa shape index (κ3) is 10.7. The summed E-state index contributed by atoms with van der Waals surface area (Å²) in [5, 5.41) is 23.9. The summed E-state index contributed by atoms with van der Waals surface area (Å²) in [5.74, 6) is -1.63. The summed E-state index contributed by atoms with van der Waals surface area (Å²) >= 11 is 15.2. The molecule has 4 aromatic carbocycles. The van der Waals surface area contributed by atoms with Crippen LogP contribution in [0.1, 0.15) is 61.0 Å². The van der Waals surface area contributed by atoms with Gasteiger partial charge in [-0.15, -0.1) is 10.1 Å². The zero-order valence-corrected chi connectivity index (χ0v) is 33.9. The molecule has 0 bridgehead atoms. The molecule has 1 fully saturated rings. The summed E-state index contributed by atoms with van der Waals surface area (Å²) in [5.41, 5.74) is 2.16. The Labute approximate surface area is 324 Å². The van der Waals surface area contributed by atoms with Crippen LogP contribution in [-0.2, 0) is 44.5 Å². The van der Waals surface area contributed by atoms with Gasteiger partial charge in [0, 0.05) is 22.7 Å². The van der Waals surface area contributed by atoms with Gasteiger partial charge in [0.15, 0.2) is 0 Å². The first-order chi connectivity index (χ1) is 25.1. The van der Waals surface area contributed by atoms with E-state index in [1.54, 1.807) is 65.3 Å². The summed E-state index contributed by atoms with van der Waals surface area (Å²) in [7, 11) is 0. The first kappa shape index (κ1) is 40.5. The summed E-state index contributed by atoms with van der Waals surface area (Å²) in [4.78, 5) is 54.2. The van der Waals surface area contributed by atoms with E-state index < -0.39 is 31.8 Å². The van der Waals surface area contributed by atoms with Gasteiger partial charge in [-0.2, -0.15) is 0 Å². The van der Waals surface area contributed by atoms with Gasteiger partial charge in [-0.05, 0) is 104 Å². The monoisotopic (exact) mass is 830 g/mol. The van der Waals surface area contributed by atoms with E-state index in [4.69, 9.17) is 33.1 Å². The van der Waals surface area contributed by atoms with Crippen molar-refractivity contribution in [2.24, 2.45) is 5.92 Å². The minimum Gasteiger partial charge on any atom is -0.508 e. The van der Waals surface area contributed by atoms with Crippen LogP contribution in [0.3, 0.4) is 0 Å². The smallest absolute Gasteiger partial charge is 0.347 e. The van der Waals surface area contributed by atoms with Crippen LogP contribution in [0.5, 0.6) is 17.2 Å². The Hall–Kier alpha value is -3.71. The fourth-order valence-corrected chi connectivity index (χ4v) is 47.4. The first-order valence-electron chi connectivity index (χ1n) is 16.4. The van der Waals surface area contributed by atoms with Crippen LogP contribution in [-0.4, -0.2) is 34.6 Å². The Kier molecular flexibility index (Phi) is 13.5. The molecule has 0 spiro atoms. The fourth-order valence-electron chi connectivity index (χ4n) is 5.17. The van der Waals surface area contributed by atoms with Crippen molar-refractivity contribution < 1.29 is 38.9 Å². The van der Waals surface area contributed by atoms with Crippen LogP contribution < -0.4 is 25.4 Å². The van der Waals surface area contributed by atoms with E-state index in [1.165, 1.54) is 23.8 Å². The van der Waals surface area contributed by atoms with Crippen LogP contribution in [0.4, 0.5) is 5.69 Å². The molecule has 5 rings (SSSR count). The van der Waals surface area contributed by atoms with E-state index in [2.05, 4.69) is 24.0 Å². The maximum absolute atomic E-state index is 13.6. The summed E-state index contributed by atoms with van der Waals surface area (Å²) in [6, 6.07) is 25.9. The van der Waals surface area contributed by atoms with Gasteiger partial charge < -0.3 is 24.7 Å². The van der Waals surface area contributed by atoms with Gasteiger partial charge in [0.25, 0.3) is 5.09 Å². The molecule has 11 nitrogen and oxygen atoms in total. The largest absolute Gasteiger partial charge is 0.508 e. The third-order valence-electron chi connectivity index (χ3n) is 7.89. The summed E-state index contributed by atoms with van der Waals surface area (Å²) in [6.45, 7) is 5.77. The number of nitrogens with zero attached hydrogens (tertiary/aromatic N) is 1. The van der Waals surface area contributed by atoms with Crippen molar-refractivity contribution in [2.45, 2.75) is 46.0 Å². The molecule has 1 aliphatic heterocycles. The molecule has 0 aromatic heterocycles. The molecule has 2 N–H and O–H groups in total. The van der Waals surface area contributed by atoms with E-state index in [-0.39, 0.29) is 53.9 Å². The fraction of sp³-hybridized carbons (Fsp3) is 0.250. The van der Waals surface area contributed by atoms with Gasteiger partial charge in [0.2, 0.25) is 5.91 Å². The predicted octanol–water partition coefficient (Wildman–Crippen LogP) is 8.50. The van der Waals surface area contributed by atoms with Crippen LogP contribution in [0.2, 0.25) is 0 Å². The summed E-state index contributed by atoms with van der Waals surface area (Å²) in [6.07, 6.45) is 0.739. The lowest BCUT2D eigenvalue weighted by Crippen LogP contribution is -2.20. The number of rotatable bonds is 15. The van der Waals surface area contributed by atoms with Crippen molar-refractivity contribution in [1.82, 2.24) is 0 Å². The van der Waals surface area contributed by atoms with E-state index in [0.717, 1.165) is 22.6 Å². The van der Waals surface area contributed by atoms with Crippen molar-refractivity contribution in [1.29, 1.82) is 0 Å². The zero-order chi connectivity index (χ0) is 38.3. The molecule has 1 atom stereocenters. The topological polar surface area (TPSA) is 154 Å². The molecule has 1 amide bonds. The van der Waals surface area contributed by atoms with Gasteiger partial charge in [0.05, 0.1) is 21.4 Å². The first-order valence-corrected chi connectivity index (χ1v) is 26.1. The lowest BCUT2D eigenvalue weighted by molar-refractivity contribution is -0.757. The Morgan fingerprint density at radius 2 is 1.47 bits per heavy atom. The molecular weight excluding hydrogens is 795 g/mol. The number of carbonyl (C=O) groups excluding carboxylic acids is 3. The average molecular weight is 831 g/mol. The van der Waals surface area contributed by atoms with Crippen molar-refractivity contribution in [3.05, 3.63) is 118 Å². The van der Waals surface area contributed by atoms with Gasteiger partial charge in [-0.3, -0.25) is 9.59 Å². The highest BCUT2D eigenvalue weighted by Crippen LogP contribution is 3.04. The second-order valence-electron chi connectivity index (χ2n) is 12.5. The molecule has 1 unspecified atom stereocenters. The SMILES string of the molecule is CC(C)Cc1ccc(C(C)C(=O)Nc2ccc(OC(=O)CCCO[N+](=O)[O-])c(C(=O)Oc3ccc(P4(=S)SP(=S)(c5ccc(O)cc5)S4)cc3)c2)cc1. The van der Waals surface area contributed by atoms with Crippen molar-refractivity contribution in [2.75, 3.05) is 11.9 Å². The number of carbonyl (C=O) groups is 3. The Bertz CT molecular complexity index is 2080. The summed E-state index contributed by atoms with van der Waals surface area (Å²) < 4.78 is 7.07. The maximum Gasteiger partial charge on any atom is 0.347 e. The number of phenols is 1. The molecule has 1 heterocycles. The lowest BCUT2D eigenvalue weighted by atomic mass is 9.96. The molecule has 53 heavy (non-hydrogen) atoms. The number of amides is 1. The second kappa shape index (κ2) is 17.6. The van der Waals surface area contributed by atoms with E-state index >= 15 is 0 Å². The molecule has 1 aliphatic rings. The second-order valence-corrected chi connectivity index (χ2v) is 33.7. The Balaban J connectivity index is 1.30. The molecule has 17 heteroatoms. The molecule has 0 saturated carbocycles. The van der Waals surface area contributed by atoms with Gasteiger partial charge >= 0.3 is 11.9 Å². The number of aromatic hydroxyl groups is 1. The number of esters is 2. The molecule has 0 aliphatic carbocycles. The number of benzene rings is 4. The standard InChI is InChI=1S/C36H36N2O9P2S4/c1-23(2)21-25-6-8-26(9-7-25)24(3)35(41)37-27-10-19-33(47-34(40)5-4-20-45-38(43)44)32(22-27)36(42)46-29-13-17-31(18-14-29)49(51)52-48(50,53-49)30-15-11-28(39)12-16-30/h6-19,22-24,39H,4-5,20-21H2,1-3H3,(H,37,41). The number of hydrogen-bond donors (Lipinski definition) is 2. The molecule has 4 aromatic rings. The molecule has 1 saturated heterocycles. The maximum atomic E-state index is 13.6. The number of anilines is 1. The highest BCUT2D eigenvalue weighted by molar-refractivity contribution is 9.48. The quantitative estimate of drug-likeness (QED) is 0.0294.